The lowest BCUT2D eigenvalue weighted by Crippen LogP contribution is -3.00. The van der Waals surface area contributed by atoms with Crippen molar-refractivity contribution in [3.8, 4) is 0 Å². The second-order valence-corrected chi connectivity index (χ2v) is 7.96. The standard InChI is InChI=1S/C19H28N2.2BrH/c1-20(2,3)12-7-13-21(4)14-17-10-5-8-16-9-6-11-18(15-21)19(16)17;;/h5-6,8-11H,7,12-15H2,1-4H3;2*1H/q+2;;/p-2. The first-order valence-electron chi connectivity index (χ1n) is 8.00. The summed E-state index contributed by atoms with van der Waals surface area (Å²) in [5.74, 6) is 0. The molecule has 2 nitrogen and oxygen atoms in total. The number of quaternary nitrogens is 2. The minimum atomic E-state index is 0. The van der Waals surface area contributed by atoms with Gasteiger partial charge in [-0.3, -0.25) is 0 Å². The minimum absolute atomic E-state index is 0. The van der Waals surface area contributed by atoms with Crippen molar-refractivity contribution in [2.75, 3.05) is 41.3 Å². The highest BCUT2D eigenvalue weighted by Crippen LogP contribution is 2.33. The molecule has 1 aliphatic rings. The predicted molar refractivity (Wildman–Crippen MR) is 89.9 cm³/mol. The average molecular weight is 444 g/mol. The molecular weight excluding hydrogens is 416 g/mol. The van der Waals surface area contributed by atoms with E-state index < -0.39 is 0 Å². The molecule has 0 N–H and O–H groups in total. The second-order valence-electron chi connectivity index (χ2n) is 7.96. The SMILES string of the molecule is C[N+](C)(C)CCC[N+]1(C)Cc2cccc3cccc(c23)C1.[Br-].[Br-]. The number of rotatable bonds is 4. The molecule has 128 valence electrons. The molecule has 0 spiro atoms. The largest absolute Gasteiger partial charge is 1.00 e. The zero-order chi connectivity index (χ0) is 15.1. The summed E-state index contributed by atoms with van der Waals surface area (Å²) < 4.78 is 2.21. The van der Waals surface area contributed by atoms with Crippen molar-refractivity contribution in [3.05, 3.63) is 47.5 Å². The Morgan fingerprint density at radius 2 is 1.43 bits per heavy atom. The van der Waals surface area contributed by atoms with Gasteiger partial charge < -0.3 is 42.9 Å². The highest BCUT2D eigenvalue weighted by atomic mass is 79.9. The maximum absolute atomic E-state index is 2.42. The number of hydrogen-bond donors (Lipinski definition) is 0. The van der Waals surface area contributed by atoms with Crippen LogP contribution in [-0.2, 0) is 13.1 Å². The summed E-state index contributed by atoms with van der Waals surface area (Å²) in [6, 6.07) is 13.6. The maximum Gasteiger partial charge on any atom is 0.105 e. The van der Waals surface area contributed by atoms with Crippen molar-refractivity contribution >= 4 is 10.8 Å². The van der Waals surface area contributed by atoms with Gasteiger partial charge in [0.15, 0.2) is 0 Å². The number of nitrogens with zero attached hydrogens (tertiary/aromatic N) is 2. The van der Waals surface area contributed by atoms with Gasteiger partial charge in [0.1, 0.15) is 13.1 Å². The van der Waals surface area contributed by atoms with Crippen LogP contribution in [0.15, 0.2) is 36.4 Å². The van der Waals surface area contributed by atoms with Crippen LogP contribution in [0.5, 0.6) is 0 Å². The Bertz CT molecular complexity index is 621. The summed E-state index contributed by atoms with van der Waals surface area (Å²) in [5, 5.41) is 2.92. The monoisotopic (exact) mass is 442 g/mol. The molecule has 1 heterocycles. The molecule has 23 heavy (non-hydrogen) atoms. The highest BCUT2D eigenvalue weighted by Gasteiger charge is 2.29. The van der Waals surface area contributed by atoms with E-state index in [9.17, 15) is 0 Å². The van der Waals surface area contributed by atoms with Crippen LogP contribution in [-0.4, -0.2) is 50.2 Å². The highest BCUT2D eigenvalue weighted by molar-refractivity contribution is 5.89. The third-order valence-corrected chi connectivity index (χ3v) is 4.71. The maximum atomic E-state index is 2.42. The Morgan fingerprint density at radius 1 is 0.913 bits per heavy atom. The first kappa shape index (κ1) is 20.6. The molecule has 2 aromatic rings. The van der Waals surface area contributed by atoms with Gasteiger partial charge in [0.05, 0.1) is 41.3 Å². The normalized spacial score (nSPS) is 15.7. The van der Waals surface area contributed by atoms with E-state index in [2.05, 4.69) is 64.6 Å². The van der Waals surface area contributed by atoms with Crippen molar-refractivity contribution in [3.63, 3.8) is 0 Å². The topological polar surface area (TPSA) is 0 Å². The Hall–Kier alpha value is -0.420. The summed E-state index contributed by atoms with van der Waals surface area (Å²) in [6.45, 7) is 4.86. The fourth-order valence-corrected chi connectivity index (χ4v) is 3.73. The van der Waals surface area contributed by atoms with E-state index in [0.29, 0.717) is 0 Å². The Labute approximate surface area is 161 Å². The van der Waals surface area contributed by atoms with Crippen LogP contribution in [0.2, 0.25) is 0 Å². The summed E-state index contributed by atoms with van der Waals surface area (Å²) in [4.78, 5) is 0. The van der Waals surface area contributed by atoms with Gasteiger partial charge in [0.2, 0.25) is 0 Å². The molecule has 0 bridgehead atoms. The second kappa shape index (κ2) is 7.64. The molecule has 1 aliphatic heterocycles. The van der Waals surface area contributed by atoms with E-state index in [1.165, 1.54) is 54.5 Å². The molecule has 0 saturated heterocycles. The lowest BCUT2D eigenvalue weighted by molar-refractivity contribution is -0.941. The Morgan fingerprint density at radius 3 is 1.91 bits per heavy atom. The van der Waals surface area contributed by atoms with Gasteiger partial charge in [-0.2, -0.15) is 0 Å². The van der Waals surface area contributed by atoms with Gasteiger partial charge in [-0.25, -0.2) is 0 Å². The van der Waals surface area contributed by atoms with E-state index >= 15 is 0 Å². The van der Waals surface area contributed by atoms with Crippen LogP contribution in [0.1, 0.15) is 17.5 Å². The number of benzene rings is 2. The molecule has 0 saturated carbocycles. The molecule has 0 fully saturated rings. The molecule has 2 aromatic carbocycles. The predicted octanol–water partition coefficient (Wildman–Crippen LogP) is -2.60. The molecule has 0 amide bonds. The lowest BCUT2D eigenvalue weighted by atomic mass is 9.94. The molecule has 0 unspecified atom stereocenters. The van der Waals surface area contributed by atoms with Crippen LogP contribution in [0.3, 0.4) is 0 Å². The van der Waals surface area contributed by atoms with E-state index in [-0.39, 0.29) is 34.0 Å². The average Bonchev–Trinajstić information content (AvgIpc) is 2.37. The zero-order valence-corrected chi connectivity index (χ0v) is 17.8. The fraction of sp³-hybridized carbons (Fsp3) is 0.474. The van der Waals surface area contributed by atoms with Crippen molar-refractivity contribution in [1.29, 1.82) is 0 Å². The van der Waals surface area contributed by atoms with Gasteiger partial charge in [-0.15, -0.1) is 0 Å². The van der Waals surface area contributed by atoms with Gasteiger partial charge in [0.25, 0.3) is 0 Å². The quantitative estimate of drug-likeness (QED) is 0.455. The lowest BCUT2D eigenvalue weighted by Gasteiger charge is -2.39. The van der Waals surface area contributed by atoms with Crippen molar-refractivity contribution in [1.82, 2.24) is 0 Å². The third-order valence-electron chi connectivity index (χ3n) is 4.71. The molecule has 0 aromatic heterocycles. The van der Waals surface area contributed by atoms with E-state index in [1.807, 2.05) is 0 Å². The molecule has 0 radical (unpaired) electrons. The molecule has 4 heteroatoms. The van der Waals surface area contributed by atoms with E-state index in [4.69, 9.17) is 0 Å². The number of halogens is 2. The van der Waals surface area contributed by atoms with Gasteiger partial charge >= 0.3 is 0 Å². The minimum Gasteiger partial charge on any atom is -1.00 e. The Balaban J connectivity index is 0.00000132. The molecule has 0 atom stereocenters. The van der Waals surface area contributed by atoms with Crippen LogP contribution >= 0.6 is 0 Å². The molecular formula is C19H28Br2N2. The van der Waals surface area contributed by atoms with Crippen molar-refractivity contribution in [2.24, 2.45) is 0 Å². The Kier molecular flexibility index (Phi) is 6.85. The molecule has 0 aliphatic carbocycles. The van der Waals surface area contributed by atoms with Gasteiger partial charge in [-0.1, -0.05) is 36.4 Å². The van der Waals surface area contributed by atoms with Gasteiger partial charge in [-0.05, 0) is 10.8 Å². The molecule has 3 rings (SSSR count). The summed E-state index contributed by atoms with van der Waals surface area (Å²) in [7, 11) is 9.27. The van der Waals surface area contributed by atoms with Gasteiger partial charge in [0, 0.05) is 17.5 Å². The third kappa shape index (κ3) is 4.79. The summed E-state index contributed by atoms with van der Waals surface area (Å²) in [5.41, 5.74) is 3.06. The summed E-state index contributed by atoms with van der Waals surface area (Å²) in [6.07, 6.45) is 1.29. The van der Waals surface area contributed by atoms with Crippen LogP contribution in [0.4, 0.5) is 0 Å². The zero-order valence-electron chi connectivity index (χ0n) is 14.6. The first-order chi connectivity index (χ1) is 9.86. The summed E-state index contributed by atoms with van der Waals surface area (Å²) >= 11 is 0. The smallest absolute Gasteiger partial charge is 0.105 e. The van der Waals surface area contributed by atoms with Crippen LogP contribution < -0.4 is 34.0 Å². The van der Waals surface area contributed by atoms with Crippen molar-refractivity contribution in [2.45, 2.75) is 19.5 Å². The number of hydrogen-bond acceptors (Lipinski definition) is 0. The van der Waals surface area contributed by atoms with Crippen LogP contribution in [0.25, 0.3) is 10.8 Å². The fourth-order valence-electron chi connectivity index (χ4n) is 3.73. The van der Waals surface area contributed by atoms with E-state index in [1.54, 1.807) is 0 Å². The van der Waals surface area contributed by atoms with Crippen LogP contribution in [0, 0.1) is 0 Å². The van der Waals surface area contributed by atoms with E-state index in [0.717, 1.165) is 8.97 Å². The first-order valence-corrected chi connectivity index (χ1v) is 8.00. The van der Waals surface area contributed by atoms with Crippen molar-refractivity contribution < 1.29 is 42.9 Å².